The lowest BCUT2D eigenvalue weighted by molar-refractivity contribution is -0.148. The van der Waals surface area contributed by atoms with Crippen LogP contribution in [0.4, 0.5) is 0 Å². The number of sulfone groups is 1. The molecule has 19 heavy (non-hydrogen) atoms. The number of aliphatic carboxylic acids is 1. The third-order valence-electron chi connectivity index (χ3n) is 3.18. The van der Waals surface area contributed by atoms with Gasteiger partial charge in [-0.1, -0.05) is 18.2 Å². The van der Waals surface area contributed by atoms with Crippen molar-refractivity contribution in [2.24, 2.45) is 0 Å². The van der Waals surface area contributed by atoms with Gasteiger partial charge in [0.15, 0.2) is 15.4 Å². The quantitative estimate of drug-likeness (QED) is 0.812. The number of rotatable bonds is 2. The summed E-state index contributed by atoms with van der Waals surface area (Å²) < 4.78 is 23.9. The molecule has 0 aliphatic carbocycles. The number of hydrogen-bond donors (Lipinski definition) is 2. The highest BCUT2D eigenvalue weighted by atomic mass is 32.2. The van der Waals surface area contributed by atoms with Crippen molar-refractivity contribution in [2.45, 2.75) is 23.8 Å². The molecule has 6 nitrogen and oxygen atoms in total. The molecule has 1 aliphatic rings. The predicted molar refractivity (Wildman–Crippen MR) is 66.2 cm³/mol. The lowest BCUT2D eigenvalue weighted by Gasteiger charge is -2.35. The summed E-state index contributed by atoms with van der Waals surface area (Å²) in [6, 6.07) is 5.88. The van der Waals surface area contributed by atoms with Gasteiger partial charge >= 0.3 is 5.97 Å². The third-order valence-corrected chi connectivity index (χ3v) is 4.95. The van der Waals surface area contributed by atoms with Gasteiger partial charge in [-0.3, -0.25) is 4.79 Å². The zero-order valence-electron chi connectivity index (χ0n) is 10.2. The summed E-state index contributed by atoms with van der Waals surface area (Å²) >= 11 is 0. The van der Waals surface area contributed by atoms with Gasteiger partial charge in [-0.15, -0.1) is 0 Å². The molecule has 0 bridgehead atoms. The minimum absolute atomic E-state index is 0.0302. The van der Waals surface area contributed by atoms with E-state index in [1.807, 2.05) is 0 Å². The van der Waals surface area contributed by atoms with Crippen LogP contribution in [0.5, 0.6) is 0 Å². The SMILES string of the molecule is CC(=O)NC1(C(=O)O)CCS(=O)(=O)c2ccccc21. The maximum absolute atomic E-state index is 12.0. The number of nitrogens with one attached hydrogen (secondary N) is 1. The third kappa shape index (κ3) is 2.10. The molecule has 1 amide bonds. The fourth-order valence-corrected chi connectivity index (χ4v) is 3.99. The number of hydrogen-bond acceptors (Lipinski definition) is 4. The molecule has 2 N–H and O–H groups in total. The van der Waals surface area contributed by atoms with E-state index in [-0.39, 0.29) is 22.6 Å². The normalized spacial score (nSPS) is 24.3. The van der Waals surface area contributed by atoms with Gasteiger partial charge in [0.2, 0.25) is 5.91 Å². The molecular formula is C12H13NO5S. The van der Waals surface area contributed by atoms with Crippen molar-refractivity contribution in [1.82, 2.24) is 5.32 Å². The molecule has 2 rings (SSSR count). The van der Waals surface area contributed by atoms with Gasteiger partial charge in [0.1, 0.15) is 0 Å². The van der Waals surface area contributed by atoms with E-state index in [2.05, 4.69) is 5.32 Å². The predicted octanol–water partition coefficient (Wildman–Crippen LogP) is 0.280. The molecule has 1 unspecified atom stereocenters. The number of carbonyl (C=O) groups is 2. The number of carboxylic acid groups (broad SMARTS) is 1. The highest BCUT2D eigenvalue weighted by Gasteiger charge is 2.48. The molecule has 102 valence electrons. The molecule has 7 heteroatoms. The van der Waals surface area contributed by atoms with Gasteiger partial charge in [0.05, 0.1) is 10.6 Å². The molecule has 0 aromatic heterocycles. The van der Waals surface area contributed by atoms with Crippen molar-refractivity contribution in [1.29, 1.82) is 0 Å². The average Bonchev–Trinajstić information content (AvgIpc) is 2.33. The smallest absolute Gasteiger partial charge is 0.334 e. The summed E-state index contributed by atoms with van der Waals surface area (Å²) in [4.78, 5) is 22.8. The Morgan fingerprint density at radius 1 is 1.32 bits per heavy atom. The monoisotopic (exact) mass is 283 g/mol. The molecule has 0 spiro atoms. The Labute approximate surface area is 110 Å². The average molecular weight is 283 g/mol. The number of amides is 1. The zero-order chi connectivity index (χ0) is 14.3. The summed E-state index contributed by atoms with van der Waals surface area (Å²) in [6.07, 6.45) is -0.179. The van der Waals surface area contributed by atoms with Crippen LogP contribution in [-0.2, 0) is 25.0 Å². The van der Waals surface area contributed by atoms with Gasteiger partial charge in [-0.2, -0.15) is 0 Å². The Morgan fingerprint density at radius 3 is 2.53 bits per heavy atom. The van der Waals surface area contributed by atoms with Crippen LogP contribution in [-0.4, -0.2) is 31.2 Å². The standard InChI is InChI=1S/C12H13NO5S/c1-8(14)13-12(11(15)16)6-7-19(17,18)10-5-3-2-4-9(10)12/h2-5H,6-7H2,1H3,(H,13,14)(H,15,16). The van der Waals surface area contributed by atoms with Crippen molar-refractivity contribution in [3.05, 3.63) is 29.8 Å². The van der Waals surface area contributed by atoms with E-state index in [1.165, 1.54) is 25.1 Å². The van der Waals surface area contributed by atoms with E-state index in [0.717, 1.165) is 0 Å². The van der Waals surface area contributed by atoms with Gasteiger partial charge in [0, 0.05) is 12.5 Å². The molecule has 1 aromatic carbocycles. The second-order valence-corrected chi connectivity index (χ2v) is 6.53. The van der Waals surface area contributed by atoms with Crippen LogP contribution in [0.2, 0.25) is 0 Å². The minimum atomic E-state index is -3.50. The molecule has 0 saturated carbocycles. The summed E-state index contributed by atoms with van der Waals surface area (Å²) in [5.41, 5.74) is -1.56. The second kappa shape index (κ2) is 4.34. The molecule has 1 aliphatic heterocycles. The highest BCUT2D eigenvalue weighted by Crippen LogP contribution is 2.37. The van der Waals surface area contributed by atoms with Crippen molar-refractivity contribution < 1.29 is 23.1 Å². The van der Waals surface area contributed by atoms with Crippen LogP contribution in [0, 0.1) is 0 Å². The number of fused-ring (bicyclic) bond motifs is 1. The van der Waals surface area contributed by atoms with Crippen LogP contribution < -0.4 is 5.32 Å². The Morgan fingerprint density at radius 2 is 1.95 bits per heavy atom. The lowest BCUT2D eigenvalue weighted by atomic mass is 9.86. The Kier molecular flexibility index (Phi) is 3.09. The van der Waals surface area contributed by atoms with Crippen LogP contribution in [0.1, 0.15) is 18.9 Å². The largest absolute Gasteiger partial charge is 0.479 e. The summed E-state index contributed by atoms with van der Waals surface area (Å²) in [6.45, 7) is 1.20. The van der Waals surface area contributed by atoms with Crippen molar-refractivity contribution in [3.63, 3.8) is 0 Å². The van der Waals surface area contributed by atoms with Crippen LogP contribution >= 0.6 is 0 Å². The van der Waals surface area contributed by atoms with E-state index in [9.17, 15) is 23.1 Å². The van der Waals surface area contributed by atoms with E-state index in [1.54, 1.807) is 6.07 Å². The summed E-state index contributed by atoms with van der Waals surface area (Å²) in [5.74, 6) is -2.09. The van der Waals surface area contributed by atoms with Gasteiger partial charge in [-0.05, 0) is 12.5 Å². The number of carbonyl (C=O) groups excluding carboxylic acids is 1. The van der Waals surface area contributed by atoms with E-state index in [4.69, 9.17) is 0 Å². The van der Waals surface area contributed by atoms with E-state index in [0.29, 0.717) is 0 Å². The number of carboxylic acids is 1. The Balaban J connectivity index is 2.72. The first-order valence-electron chi connectivity index (χ1n) is 5.64. The van der Waals surface area contributed by atoms with E-state index < -0.39 is 27.3 Å². The lowest BCUT2D eigenvalue weighted by Crippen LogP contribution is -2.54. The Bertz CT molecular complexity index is 652. The fourth-order valence-electron chi connectivity index (χ4n) is 2.33. The highest BCUT2D eigenvalue weighted by molar-refractivity contribution is 7.91. The van der Waals surface area contributed by atoms with Crippen molar-refractivity contribution in [2.75, 3.05) is 5.75 Å². The van der Waals surface area contributed by atoms with Crippen molar-refractivity contribution >= 4 is 21.7 Å². The van der Waals surface area contributed by atoms with Crippen LogP contribution in [0.15, 0.2) is 29.2 Å². The van der Waals surface area contributed by atoms with Gasteiger partial charge in [-0.25, -0.2) is 13.2 Å². The number of benzene rings is 1. The second-order valence-electron chi connectivity index (χ2n) is 4.46. The molecular weight excluding hydrogens is 270 g/mol. The first-order chi connectivity index (χ1) is 8.79. The molecule has 0 saturated heterocycles. The van der Waals surface area contributed by atoms with Crippen LogP contribution in [0.25, 0.3) is 0 Å². The maximum atomic E-state index is 12.0. The van der Waals surface area contributed by atoms with Crippen molar-refractivity contribution in [3.8, 4) is 0 Å². The summed E-state index contributed by atoms with van der Waals surface area (Å²) in [5, 5.41) is 11.8. The van der Waals surface area contributed by atoms with Gasteiger partial charge in [0.25, 0.3) is 0 Å². The Hall–Kier alpha value is -1.89. The first kappa shape index (κ1) is 13.5. The molecule has 1 atom stereocenters. The minimum Gasteiger partial charge on any atom is -0.479 e. The fraction of sp³-hybridized carbons (Fsp3) is 0.333. The van der Waals surface area contributed by atoms with Gasteiger partial charge < -0.3 is 10.4 Å². The topological polar surface area (TPSA) is 101 Å². The zero-order valence-corrected chi connectivity index (χ0v) is 11.0. The van der Waals surface area contributed by atoms with Crippen LogP contribution in [0.3, 0.4) is 0 Å². The van der Waals surface area contributed by atoms with E-state index >= 15 is 0 Å². The summed E-state index contributed by atoms with van der Waals surface area (Å²) in [7, 11) is -3.50. The molecule has 1 heterocycles. The molecule has 1 aromatic rings. The maximum Gasteiger partial charge on any atom is 0.334 e. The molecule has 0 radical (unpaired) electrons. The molecule has 0 fully saturated rings. The first-order valence-corrected chi connectivity index (χ1v) is 7.29.